The molecular weight excluding hydrogens is 468 g/mol. The molecule has 0 saturated carbocycles. The number of amides is 2. The zero-order valence-corrected chi connectivity index (χ0v) is 19.4. The Kier molecular flexibility index (Phi) is 6.58. The Hall–Kier alpha value is -2.71. The van der Waals surface area contributed by atoms with Gasteiger partial charge in [0.2, 0.25) is 0 Å². The van der Waals surface area contributed by atoms with E-state index >= 15 is 0 Å². The lowest BCUT2D eigenvalue weighted by Gasteiger charge is -2.30. The van der Waals surface area contributed by atoms with Gasteiger partial charge in [-0.3, -0.25) is 19.8 Å². The molecule has 1 N–H and O–H groups in total. The molecule has 1 aliphatic rings. The number of nitrogens with one attached hydrogen (secondary N) is 1. The van der Waals surface area contributed by atoms with Crippen molar-refractivity contribution < 1.29 is 19.1 Å². The first-order valence-corrected chi connectivity index (χ1v) is 10.5. The first kappa shape index (κ1) is 22.0. The third-order valence-corrected chi connectivity index (χ3v) is 5.56. The Morgan fingerprint density at radius 3 is 2.57 bits per heavy atom. The fourth-order valence-corrected chi connectivity index (χ4v) is 3.79. The van der Waals surface area contributed by atoms with Gasteiger partial charge in [0.15, 0.2) is 16.6 Å². The van der Waals surface area contributed by atoms with Crippen LogP contribution >= 0.6 is 28.1 Å². The summed E-state index contributed by atoms with van der Waals surface area (Å²) in [5.74, 6) is 0.0209. The first-order valence-electron chi connectivity index (χ1n) is 9.25. The molecule has 0 bridgehead atoms. The van der Waals surface area contributed by atoms with E-state index in [0.29, 0.717) is 33.8 Å². The molecule has 1 saturated heterocycles. The Bertz CT molecular complexity index is 1080. The van der Waals surface area contributed by atoms with Crippen LogP contribution in [-0.2, 0) is 9.59 Å². The third-order valence-electron chi connectivity index (χ3n) is 4.59. The van der Waals surface area contributed by atoms with Crippen LogP contribution in [-0.4, -0.2) is 30.6 Å². The van der Waals surface area contributed by atoms with E-state index in [0.717, 1.165) is 11.1 Å². The number of ether oxygens (including phenoxy) is 2. The fraction of sp³-hybridized carbons (Fsp3) is 0.227. The minimum absolute atomic E-state index is 0.0311. The number of hydrogen-bond donors (Lipinski definition) is 1. The number of rotatable bonds is 5. The number of carbonyl (C=O) groups excluding carboxylic acids is 2. The molecular formula is C22H21BrN2O4S. The molecule has 1 heterocycles. The van der Waals surface area contributed by atoms with Crippen LogP contribution in [0.1, 0.15) is 23.6 Å². The van der Waals surface area contributed by atoms with Crippen molar-refractivity contribution in [3.05, 3.63) is 57.1 Å². The molecule has 0 radical (unpaired) electrons. The second-order valence-electron chi connectivity index (χ2n) is 6.71. The van der Waals surface area contributed by atoms with Crippen LogP contribution < -0.4 is 19.7 Å². The second kappa shape index (κ2) is 8.97. The predicted molar refractivity (Wildman–Crippen MR) is 124 cm³/mol. The van der Waals surface area contributed by atoms with Crippen LogP contribution in [0.3, 0.4) is 0 Å². The standard InChI is InChI=1S/C22H21BrN2O4S/c1-5-29-19-11-16(23)14(10-18(19)28-4)9-15-20(26)24-22(30)25(21(15)27)17-8-12(2)6-7-13(17)3/h6-11H,5H2,1-4H3,(H,24,26,30)/b15-9+. The maximum absolute atomic E-state index is 13.3. The molecule has 3 rings (SSSR count). The Morgan fingerprint density at radius 2 is 1.90 bits per heavy atom. The Balaban J connectivity index is 2.08. The molecule has 0 spiro atoms. The van der Waals surface area contributed by atoms with Crippen LogP contribution in [0.25, 0.3) is 6.08 Å². The number of hydrogen-bond acceptors (Lipinski definition) is 5. The normalized spacial score (nSPS) is 15.4. The van der Waals surface area contributed by atoms with Crippen molar-refractivity contribution in [1.82, 2.24) is 5.32 Å². The molecule has 30 heavy (non-hydrogen) atoms. The fourth-order valence-electron chi connectivity index (χ4n) is 3.08. The van der Waals surface area contributed by atoms with Gasteiger partial charge in [-0.2, -0.15) is 0 Å². The molecule has 0 aromatic heterocycles. The molecule has 2 aromatic carbocycles. The van der Waals surface area contributed by atoms with Crippen molar-refractivity contribution in [2.24, 2.45) is 0 Å². The largest absolute Gasteiger partial charge is 0.493 e. The molecule has 0 atom stereocenters. The Labute approximate surface area is 189 Å². The van der Waals surface area contributed by atoms with Gasteiger partial charge in [-0.15, -0.1) is 0 Å². The smallest absolute Gasteiger partial charge is 0.270 e. The van der Waals surface area contributed by atoms with Gasteiger partial charge in [-0.25, -0.2) is 0 Å². The summed E-state index contributed by atoms with van der Waals surface area (Å²) in [6.07, 6.45) is 1.51. The number of methoxy groups -OCH3 is 1. The molecule has 8 heteroatoms. The van der Waals surface area contributed by atoms with Crippen molar-refractivity contribution >= 4 is 56.8 Å². The lowest BCUT2D eigenvalue weighted by atomic mass is 10.0. The average Bonchev–Trinajstić information content (AvgIpc) is 2.69. The van der Waals surface area contributed by atoms with E-state index in [-0.39, 0.29) is 10.7 Å². The van der Waals surface area contributed by atoms with E-state index in [4.69, 9.17) is 21.7 Å². The Morgan fingerprint density at radius 1 is 1.17 bits per heavy atom. The minimum Gasteiger partial charge on any atom is -0.493 e. The minimum atomic E-state index is -0.550. The van der Waals surface area contributed by atoms with Crippen LogP contribution in [0.5, 0.6) is 11.5 Å². The second-order valence-corrected chi connectivity index (χ2v) is 7.95. The summed E-state index contributed by atoms with van der Waals surface area (Å²) in [5.41, 5.74) is 3.06. The quantitative estimate of drug-likeness (QED) is 0.385. The molecule has 156 valence electrons. The summed E-state index contributed by atoms with van der Waals surface area (Å²) in [7, 11) is 1.53. The van der Waals surface area contributed by atoms with Crippen molar-refractivity contribution in [2.75, 3.05) is 18.6 Å². The van der Waals surface area contributed by atoms with E-state index in [2.05, 4.69) is 21.2 Å². The zero-order chi connectivity index (χ0) is 22.0. The molecule has 6 nitrogen and oxygen atoms in total. The number of nitrogens with zero attached hydrogens (tertiary/aromatic N) is 1. The number of carbonyl (C=O) groups is 2. The van der Waals surface area contributed by atoms with Gasteiger partial charge in [0, 0.05) is 4.47 Å². The number of benzene rings is 2. The summed E-state index contributed by atoms with van der Waals surface area (Å²) in [6.45, 7) is 6.17. The van der Waals surface area contributed by atoms with Crippen LogP contribution in [0.4, 0.5) is 5.69 Å². The van der Waals surface area contributed by atoms with E-state index < -0.39 is 11.8 Å². The summed E-state index contributed by atoms with van der Waals surface area (Å²) in [4.78, 5) is 27.2. The summed E-state index contributed by atoms with van der Waals surface area (Å²) < 4.78 is 11.6. The van der Waals surface area contributed by atoms with Gasteiger partial charge in [0.1, 0.15) is 5.57 Å². The highest BCUT2D eigenvalue weighted by atomic mass is 79.9. The van der Waals surface area contributed by atoms with Crippen molar-refractivity contribution in [2.45, 2.75) is 20.8 Å². The first-order chi connectivity index (χ1) is 14.3. The van der Waals surface area contributed by atoms with E-state index in [1.54, 1.807) is 12.1 Å². The lowest BCUT2D eigenvalue weighted by Crippen LogP contribution is -2.54. The van der Waals surface area contributed by atoms with Crippen LogP contribution in [0.15, 0.2) is 40.4 Å². The van der Waals surface area contributed by atoms with Gasteiger partial charge >= 0.3 is 0 Å². The van der Waals surface area contributed by atoms with Gasteiger partial charge < -0.3 is 9.47 Å². The van der Waals surface area contributed by atoms with E-state index in [1.807, 2.05) is 39.0 Å². The van der Waals surface area contributed by atoms with Gasteiger partial charge in [-0.1, -0.05) is 28.1 Å². The highest BCUT2D eigenvalue weighted by Gasteiger charge is 2.35. The van der Waals surface area contributed by atoms with E-state index in [1.165, 1.54) is 18.1 Å². The number of anilines is 1. The molecule has 2 aromatic rings. The molecule has 1 aliphatic heterocycles. The van der Waals surface area contributed by atoms with Gasteiger partial charge in [0.25, 0.3) is 11.8 Å². The number of thiocarbonyl (C=S) groups is 1. The van der Waals surface area contributed by atoms with Crippen molar-refractivity contribution in [1.29, 1.82) is 0 Å². The predicted octanol–water partition coefficient (Wildman–Crippen LogP) is 4.30. The average molecular weight is 489 g/mol. The molecule has 0 aliphatic carbocycles. The summed E-state index contributed by atoms with van der Waals surface area (Å²) in [5, 5.41) is 2.67. The maximum atomic E-state index is 13.3. The summed E-state index contributed by atoms with van der Waals surface area (Å²) in [6, 6.07) is 9.18. The number of aryl methyl sites for hydroxylation is 2. The van der Waals surface area contributed by atoms with Gasteiger partial charge in [0.05, 0.1) is 19.4 Å². The highest BCUT2D eigenvalue weighted by molar-refractivity contribution is 9.10. The topological polar surface area (TPSA) is 67.9 Å². The molecule has 2 amide bonds. The molecule has 0 unspecified atom stereocenters. The summed E-state index contributed by atoms with van der Waals surface area (Å²) >= 11 is 8.77. The van der Waals surface area contributed by atoms with Crippen molar-refractivity contribution in [3.8, 4) is 11.5 Å². The SMILES string of the molecule is CCOc1cc(Br)c(/C=C2\C(=O)NC(=S)N(c3cc(C)ccc3C)C2=O)cc1OC. The van der Waals surface area contributed by atoms with Crippen LogP contribution in [0.2, 0.25) is 0 Å². The monoisotopic (exact) mass is 488 g/mol. The molecule has 1 fully saturated rings. The lowest BCUT2D eigenvalue weighted by molar-refractivity contribution is -0.122. The highest BCUT2D eigenvalue weighted by Crippen LogP contribution is 2.35. The zero-order valence-electron chi connectivity index (χ0n) is 17.0. The number of halogens is 1. The van der Waals surface area contributed by atoms with E-state index in [9.17, 15) is 9.59 Å². The maximum Gasteiger partial charge on any atom is 0.270 e. The third kappa shape index (κ3) is 4.24. The van der Waals surface area contributed by atoms with Crippen molar-refractivity contribution in [3.63, 3.8) is 0 Å². The van der Waals surface area contributed by atoms with Gasteiger partial charge in [-0.05, 0) is 74.0 Å². The van der Waals surface area contributed by atoms with Crippen LogP contribution in [0, 0.1) is 13.8 Å².